The van der Waals surface area contributed by atoms with Crippen LogP contribution in [0.25, 0.3) is 0 Å². The van der Waals surface area contributed by atoms with Gasteiger partial charge in [-0.2, -0.15) is 0 Å². The summed E-state index contributed by atoms with van der Waals surface area (Å²) in [5.74, 6) is 0. The first-order chi connectivity index (χ1) is 9.65. The average Bonchev–Trinajstić information content (AvgIpc) is 2.47. The standard InChI is InChI=1S/C15H16ClN3O/c1-11(12-5-7-13(16)8-6-12)19-15(20)18-10-14-4-2-3-9-17-14/h2-9,11H,10H2,1H3,(H2,18,19,20)/t11-/m0/s1. The summed E-state index contributed by atoms with van der Waals surface area (Å²) in [5, 5.41) is 6.32. The highest BCUT2D eigenvalue weighted by atomic mass is 35.5. The molecule has 0 fully saturated rings. The van der Waals surface area contributed by atoms with E-state index in [0.717, 1.165) is 11.3 Å². The Kier molecular flexibility index (Phi) is 4.96. The molecular weight excluding hydrogens is 274 g/mol. The van der Waals surface area contributed by atoms with E-state index in [0.29, 0.717) is 11.6 Å². The number of halogens is 1. The molecule has 104 valence electrons. The van der Waals surface area contributed by atoms with E-state index in [4.69, 9.17) is 11.6 Å². The minimum atomic E-state index is -0.224. The van der Waals surface area contributed by atoms with Crippen molar-refractivity contribution >= 4 is 17.6 Å². The molecule has 2 N–H and O–H groups in total. The van der Waals surface area contributed by atoms with Crippen LogP contribution in [0.3, 0.4) is 0 Å². The van der Waals surface area contributed by atoms with Crippen molar-refractivity contribution in [2.75, 3.05) is 0 Å². The third kappa shape index (κ3) is 4.24. The van der Waals surface area contributed by atoms with Crippen LogP contribution in [0.15, 0.2) is 48.7 Å². The summed E-state index contributed by atoms with van der Waals surface area (Å²) in [6, 6.07) is 12.7. The van der Waals surface area contributed by atoms with Crippen molar-refractivity contribution < 1.29 is 4.79 Å². The minimum Gasteiger partial charge on any atom is -0.332 e. The maximum absolute atomic E-state index is 11.8. The van der Waals surface area contributed by atoms with Crippen molar-refractivity contribution in [2.45, 2.75) is 19.5 Å². The van der Waals surface area contributed by atoms with Crippen LogP contribution in [0, 0.1) is 0 Å². The molecule has 2 aromatic rings. The number of pyridine rings is 1. The van der Waals surface area contributed by atoms with Gasteiger partial charge in [0.15, 0.2) is 0 Å². The summed E-state index contributed by atoms with van der Waals surface area (Å²) in [5.41, 5.74) is 1.82. The molecule has 0 unspecified atom stereocenters. The van der Waals surface area contributed by atoms with Gasteiger partial charge in [-0.15, -0.1) is 0 Å². The Hall–Kier alpha value is -2.07. The number of amides is 2. The first-order valence-electron chi connectivity index (χ1n) is 6.35. The molecule has 2 rings (SSSR count). The van der Waals surface area contributed by atoms with Crippen LogP contribution < -0.4 is 10.6 Å². The summed E-state index contributed by atoms with van der Waals surface area (Å²) in [6.45, 7) is 2.32. The van der Waals surface area contributed by atoms with E-state index in [-0.39, 0.29) is 12.1 Å². The fraction of sp³-hybridized carbons (Fsp3) is 0.200. The van der Waals surface area contributed by atoms with E-state index in [1.165, 1.54) is 0 Å². The Morgan fingerprint density at radius 3 is 2.65 bits per heavy atom. The van der Waals surface area contributed by atoms with Gasteiger partial charge in [0.2, 0.25) is 0 Å². The number of aromatic nitrogens is 1. The molecule has 1 heterocycles. The largest absolute Gasteiger partial charge is 0.332 e. The van der Waals surface area contributed by atoms with Crippen LogP contribution in [-0.4, -0.2) is 11.0 Å². The number of hydrogen-bond acceptors (Lipinski definition) is 2. The van der Waals surface area contributed by atoms with Gasteiger partial charge in [-0.3, -0.25) is 4.98 Å². The fourth-order valence-corrected chi connectivity index (χ4v) is 1.88. The van der Waals surface area contributed by atoms with E-state index in [2.05, 4.69) is 15.6 Å². The molecule has 0 radical (unpaired) electrons. The molecule has 0 aliphatic rings. The van der Waals surface area contributed by atoms with Crippen LogP contribution in [-0.2, 0) is 6.54 Å². The fourth-order valence-electron chi connectivity index (χ4n) is 1.76. The maximum atomic E-state index is 11.8. The van der Waals surface area contributed by atoms with Gasteiger partial charge in [0.05, 0.1) is 18.3 Å². The number of hydrogen-bond donors (Lipinski definition) is 2. The highest BCUT2D eigenvalue weighted by Gasteiger charge is 2.09. The number of carbonyl (C=O) groups excluding carboxylic acids is 1. The number of benzene rings is 1. The second-order valence-electron chi connectivity index (χ2n) is 4.42. The third-order valence-electron chi connectivity index (χ3n) is 2.87. The number of nitrogens with zero attached hydrogens (tertiary/aromatic N) is 1. The molecule has 0 saturated carbocycles. The summed E-state index contributed by atoms with van der Waals surface area (Å²) >= 11 is 5.83. The van der Waals surface area contributed by atoms with Crippen molar-refractivity contribution in [3.63, 3.8) is 0 Å². The van der Waals surface area contributed by atoms with Crippen LogP contribution in [0.2, 0.25) is 5.02 Å². The predicted octanol–water partition coefficient (Wildman–Crippen LogP) is 3.30. The zero-order valence-electron chi connectivity index (χ0n) is 11.1. The lowest BCUT2D eigenvalue weighted by atomic mass is 10.1. The topological polar surface area (TPSA) is 54.0 Å². The van der Waals surface area contributed by atoms with Gasteiger partial charge in [0, 0.05) is 11.2 Å². The van der Waals surface area contributed by atoms with Crippen molar-refractivity contribution in [2.24, 2.45) is 0 Å². The van der Waals surface area contributed by atoms with Gasteiger partial charge in [0.1, 0.15) is 0 Å². The van der Waals surface area contributed by atoms with E-state index in [1.807, 2.05) is 37.3 Å². The van der Waals surface area contributed by atoms with Crippen molar-refractivity contribution in [1.82, 2.24) is 15.6 Å². The highest BCUT2D eigenvalue weighted by molar-refractivity contribution is 6.30. The van der Waals surface area contributed by atoms with E-state index in [1.54, 1.807) is 18.3 Å². The quantitative estimate of drug-likeness (QED) is 0.907. The number of rotatable bonds is 4. The lowest BCUT2D eigenvalue weighted by Crippen LogP contribution is -2.36. The second kappa shape index (κ2) is 6.91. The molecular formula is C15H16ClN3O. The molecule has 1 aromatic carbocycles. The third-order valence-corrected chi connectivity index (χ3v) is 3.13. The normalized spacial score (nSPS) is 11.7. The van der Waals surface area contributed by atoms with Gasteiger partial charge < -0.3 is 10.6 Å². The monoisotopic (exact) mass is 289 g/mol. The van der Waals surface area contributed by atoms with E-state index >= 15 is 0 Å². The molecule has 2 amide bonds. The molecule has 4 nitrogen and oxygen atoms in total. The molecule has 0 spiro atoms. The summed E-state index contributed by atoms with van der Waals surface area (Å²) in [6.07, 6.45) is 1.70. The molecule has 0 saturated heterocycles. The summed E-state index contributed by atoms with van der Waals surface area (Å²) < 4.78 is 0. The predicted molar refractivity (Wildman–Crippen MR) is 79.5 cm³/mol. The van der Waals surface area contributed by atoms with Crippen molar-refractivity contribution in [3.05, 3.63) is 64.9 Å². The lowest BCUT2D eigenvalue weighted by Gasteiger charge is -2.15. The van der Waals surface area contributed by atoms with Gasteiger partial charge in [-0.05, 0) is 36.8 Å². The average molecular weight is 290 g/mol. The lowest BCUT2D eigenvalue weighted by molar-refractivity contribution is 0.237. The van der Waals surface area contributed by atoms with Gasteiger partial charge in [0.25, 0.3) is 0 Å². The van der Waals surface area contributed by atoms with Gasteiger partial charge >= 0.3 is 6.03 Å². The Labute approximate surface area is 123 Å². The molecule has 1 aromatic heterocycles. The molecule has 0 aliphatic heterocycles. The Balaban J connectivity index is 1.83. The number of urea groups is 1. The Bertz CT molecular complexity index is 557. The molecule has 5 heteroatoms. The first kappa shape index (κ1) is 14.3. The number of carbonyl (C=O) groups is 1. The summed E-state index contributed by atoms with van der Waals surface area (Å²) in [4.78, 5) is 15.9. The molecule has 20 heavy (non-hydrogen) atoms. The molecule has 0 bridgehead atoms. The zero-order valence-corrected chi connectivity index (χ0v) is 11.9. The highest BCUT2D eigenvalue weighted by Crippen LogP contribution is 2.15. The van der Waals surface area contributed by atoms with Crippen LogP contribution in [0.5, 0.6) is 0 Å². The second-order valence-corrected chi connectivity index (χ2v) is 4.86. The molecule has 0 aliphatic carbocycles. The van der Waals surface area contributed by atoms with Crippen LogP contribution in [0.1, 0.15) is 24.2 Å². The van der Waals surface area contributed by atoms with E-state index in [9.17, 15) is 4.79 Å². The minimum absolute atomic E-state index is 0.0870. The van der Waals surface area contributed by atoms with Crippen LogP contribution >= 0.6 is 11.6 Å². The van der Waals surface area contributed by atoms with Crippen LogP contribution in [0.4, 0.5) is 4.79 Å². The van der Waals surface area contributed by atoms with Gasteiger partial charge in [-0.25, -0.2) is 4.79 Å². The smallest absolute Gasteiger partial charge is 0.315 e. The van der Waals surface area contributed by atoms with Gasteiger partial charge in [-0.1, -0.05) is 29.8 Å². The van der Waals surface area contributed by atoms with E-state index < -0.39 is 0 Å². The SMILES string of the molecule is C[C@H](NC(=O)NCc1ccccn1)c1ccc(Cl)cc1. The summed E-state index contributed by atoms with van der Waals surface area (Å²) in [7, 11) is 0. The first-order valence-corrected chi connectivity index (χ1v) is 6.72. The van der Waals surface area contributed by atoms with Crippen molar-refractivity contribution in [3.8, 4) is 0 Å². The number of nitrogens with one attached hydrogen (secondary N) is 2. The molecule has 1 atom stereocenters. The maximum Gasteiger partial charge on any atom is 0.315 e. The Morgan fingerprint density at radius 2 is 2.00 bits per heavy atom. The Morgan fingerprint density at radius 1 is 1.25 bits per heavy atom. The zero-order chi connectivity index (χ0) is 14.4. The van der Waals surface area contributed by atoms with Crippen molar-refractivity contribution in [1.29, 1.82) is 0 Å².